The quantitative estimate of drug-likeness (QED) is 0.256. The summed E-state index contributed by atoms with van der Waals surface area (Å²) in [6, 6.07) is 0. The fourth-order valence-corrected chi connectivity index (χ4v) is 14.3. The molecule has 1 heterocycles. The van der Waals surface area contributed by atoms with Gasteiger partial charge in [-0.2, -0.15) is 0 Å². The molecular formula is C40H68N2O3. The average molecular weight is 625 g/mol. The summed E-state index contributed by atoms with van der Waals surface area (Å²) in [6.07, 6.45) is 17.6. The molecule has 1 aliphatic heterocycles. The largest absolute Gasteiger partial charge is 0.382 e. The summed E-state index contributed by atoms with van der Waals surface area (Å²) in [5.74, 6) is 4.34. The van der Waals surface area contributed by atoms with Gasteiger partial charge >= 0.3 is 0 Å². The van der Waals surface area contributed by atoms with Crippen LogP contribution in [0.2, 0.25) is 0 Å². The summed E-state index contributed by atoms with van der Waals surface area (Å²) in [5.41, 5.74) is 2.11. The van der Waals surface area contributed by atoms with Crippen LogP contribution >= 0.6 is 0 Å². The third kappa shape index (κ3) is 4.95. The first-order valence-corrected chi connectivity index (χ1v) is 19.4. The Morgan fingerprint density at radius 1 is 0.689 bits per heavy atom. The standard InChI is InChI=1S/C40H68N2O3/c1-35(2)13-8-14-37(4)31(35)12-15-39(6)32(37)10-9-30-33-29(36(3)17-18-36)11-16-40(33,20-19-38(30,39)5)34(43)42-23-21-41(22-24-42)25-26-45-28-27-44-7/h29-33H,8-28H2,1-7H3/t29-,30-,31-,32-,33-,37-,38-,39-,40+/m1/s1. The molecular weight excluding hydrogens is 556 g/mol. The van der Waals surface area contributed by atoms with E-state index in [0.29, 0.717) is 58.0 Å². The first kappa shape index (κ1) is 32.9. The van der Waals surface area contributed by atoms with E-state index in [1.807, 2.05) is 0 Å². The Morgan fingerprint density at radius 2 is 1.44 bits per heavy atom. The Kier molecular flexibility index (Phi) is 8.38. The van der Waals surface area contributed by atoms with Gasteiger partial charge in [-0.1, -0.05) is 48.0 Å². The van der Waals surface area contributed by atoms with Gasteiger partial charge in [0.1, 0.15) is 0 Å². The average Bonchev–Trinajstić information content (AvgIpc) is 3.62. The lowest BCUT2D eigenvalue weighted by Crippen LogP contribution is -2.67. The molecule has 0 radical (unpaired) electrons. The van der Waals surface area contributed by atoms with Gasteiger partial charge in [-0.25, -0.2) is 0 Å². The highest BCUT2D eigenvalue weighted by atomic mass is 16.5. The molecule has 256 valence electrons. The Labute approximate surface area is 276 Å². The highest BCUT2D eigenvalue weighted by Crippen LogP contribution is 2.79. The number of hydrogen-bond donors (Lipinski definition) is 0. The predicted molar refractivity (Wildman–Crippen MR) is 182 cm³/mol. The second-order valence-corrected chi connectivity index (χ2v) is 19.2. The van der Waals surface area contributed by atoms with Crippen molar-refractivity contribution in [1.29, 1.82) is 0 Å². The van der Waals surface area contributed by atoms with Gasteiger partial charge < -0.3 is 14.4 Å². The third-order valence-corrected chi connectivity index (χ3v) is 17.2. The van der Waals surface area contributed by atoms with E-state index in [9.17, 15) is 0 Å². The van der Waals surface area contributed by atoms with Crippen molar-refractivity contribution in [3.8, 4) is 0 Å². The van der Waals surface area contributed by atoms with Crippen LogP contribution in [0.3, 0.4) is 0 Å². The van der Waals surface area contributed by atoms with Gasteiger partial charge in [0.25, 0.3) is 0 Å². The van der Waals surface area contributed by atoms with Crippen LogP contribution in [0.25, 0.3) is 0 Å². The Balaban J connectivity index is 1.13. The van der Waals surface area contributed by atoms with Gasteiger partial charge in [0.05, 0.1) is 25.2 Å². The van der Waals surface area contributed by atoms with E-state index in [1.165, 1.54) is 70.6 Å². The first-order valence-electron chi connectivity index (χ1n) is 19.4. The van der Waals surface area contributed by atoms with E-state index in [4.69, 9.17) is 9.47 Å². The molecule has 0 unspecified atom stereocenters. The molecule has 1 amide bonds. The molecule has 9 atom stereocenters. The lowest BCUT2D eigenvalue weighted by molar-refractivity contribution is -0.239. The zero-order chi connectivity index (χ0) is 31.9. The summed E-state index contributed by atoms with van der Waals surface area (Å²) in [6.45, 7) is 22.9. The van der Waals surface area contributed by atoms with Crippen LogP contribution in [0.15, 0.2) is 0 Å². The molecule has 0 aromatic carbocycles. The van der Waals surface area contributed by atoms with E-state index < -0.39 is 0 Å². The highest BCUT2D eigenvalue weighted by Gasteiger charge is 2.73. The topological polar surface area (TPSA) is 42.0 Å². The summed E-state index contributed by atoms with van der Waals surface area (Å²) in [7, 11) is 1.72. The minimum absolute atomic E-state index is 0.108. The molecule has 0 bridgehead atoms. The van der Waals surface area contributed by atoms with Crippen LogP contribution in [-0.4, -0.2) is 75.4 Å². The zero-order valence-electron chi connectivity index (χ0n) is 30.4. The molecule has 5 nitrogen and oxygen atoms in total. The van der Waals surface area contributed by atoms with Crippen molar-refractivity contribution < 1.29 is 14.3 Å². The van der Waals surface area contributed by atoms with Gasteiger partial charge in [0.2, 0.25) is 5.91 Å². The molecule has 0 aromatic heterocycles. The Hall–Kier alpha value is -0.650. The molecule has 45 heavy (non-hydrogen) atoms. The minimum Gasteiger partial charge on any atom is -0.382 e. The van der Waals surface area contributed by atoms with Crippen LogP contribution in [0.4, 0.5) is 0 Å². The smallest absolute Gasteiger partial charge is 0.229 e. The van der Waals surface area contributed by atoms with E-state index in [1.54, 1.807) is 7.11 Å². The maximum atomic E-state index is 15.0. The fourth-order valence-electron chi connectivity index (χ4n) is 14.3. The molecule has 0 spiro atoms. The van der Waals surface area contributed by atoms with Gasteiger partial charge in [-0.05, 0) is 134 Å². The maximum Gasteiger partial charge on any atom is 0.229 e. The van der Waals surface area contributed by atoms with Gasteiger partial charge in [-0.3, -0.25) is 9.69 Å². The van der Waals surface area contributed by atoms with Crippen LogP contribution in [0.1, 0.15) is 125 Å². The van der Waals surface area contributed by atoms with Crippen molar-refractivity contribution in [3.63, 3.8) is 0 Å². The molecule has 7 fully saturated rings. The molecule has 1 saturated heterocycles. The SMILES string of the molecule is COCCOCCN1CCN(C(=O)[C@]23CC[C@@H](C4(C)CC4)[C@@H]2[C@H]2CC[C@@H]4[C@]5(C)CCCC(C)(C)[C@H]5CC[C@@]4(C)[C@]2(C)CC3)CC1. The number of carbonyl (C=O) groups excluding carboxylic acids is 1. The number of hydrogen-bond acceptors (Lipinski definition) is 4. The van der Waals surface area contributed by atoms with Gasteiger partial charge in [-0.15, -0.1) is 0 Å². The monoisotopic (exact) mass is 625 g/mol. The highest BCUT2D eigenvalue weighted by molar-refractivity contribution is 5.84. The zero-order valence-corrected chi connectivity index (χ0v) is 30.4. The fraction of sp³-hybridized carbons (Fsp3) is 0.975. The van der Waals surface area contributed by atoms with Gasteiger partial charge in [0, 0.05) is 39.8 Å². The normalized spacial score (nSPS) is 46.9. The molecule has 7 rings (SSSR count). The van der Waals surface area contributed by atoms with Crippen molar-refractivity contribution in [1.82, 2.24) is 9.80 Å². The second-order valence-electron chi connectivity index (χ2n) is 19.2. The van der Waals surface area contributed by atoms with Crippen molar-refractivity contribution >= 4 is 5.91 Å². The molecule has 0 aromatic rings. The van der Waals surface area contributed by atoms with E-state index in [2.05, 4.69) is 51.3 Å². The van der Waals surface area contributed by atoms with Crippen molar-refractivity contribution in [2.24, 2.45) is 62.1 Å². The van der Waals surface area contributed by atoms with Crippen molar-refractivity contribution in [2.75, 3.05) is 59.7 Å². The van der Waals surface area contributed by atoms with Crippen molar-refractivity contribution in [2.45, 2.75) is 125 Å². The number of amides is 1. The number of nitrogens with zero attached hydrogens (tertiary/aromatic N) is 2. The number of rotatable bonds is 8. The molecule has 6 saturated carbocycles. The Bertz CT molecular complexity index is 1110. The summed E-state index contributed by atoms with van der Waals surface area (Å²) in [4.78, 5) is 19.8. The van der Waals surface area contributed by atoms with Crippen LogP contribution < -0.4 is 0 Å². The first-order chi connectivity index (χ1) is 21.3. The lowest BCUT2D eigenvalue weighted by Gasteiger charge is -2.72. The molecule has 5 heteroatoms. The summed E-state index contributed by atoms with van der Waals surface area (Å²) in [5, 5.41) is 0. The lowest BCUT2D eigenvalue weighted by atomic mass is 9.32. The number of carbonyl (C=O) groups is 1. The minimum atomic E-state index is -0.108. The number of fused-ring (bicyclic) bond motifs is 7. The predicted octanol–water partition coefficient (Wildman–Crippen LogP) is 8.07. The van der Waals surface area contributed by atoms with Crippen LogP contribution in [-0.2, 0) is 14.3 Å². The number of methoxy groups -OCH3 is 1. The summed E-state index contributed by atoms with van der Waals surface area (Å²) < 4.78 is 10.9. The van der Waals surface area contributed by atoms with E-state index in [-0.39, 0.29) is 5.41 Å². The van der Waals surface area contributed by atoms with Crippen molar-refractivity contribution in [3.05, 3.63) is 0 Å². The van der Waals surface area contributed by atoms with Gasteiger partial charge in [0.15, 0.2) is 0 Å². The summed E-state index contributed by atoms with van der Waals surface area (Å²) >= 11 is 0. The Morgan fingerprint density at radius 3 is 2.16 bits per heavy atom. The van der Waals surface area contributed by atoms with Crippen LogP contribution in [0, 0.1) is 62.1 Å². The molecule has 6 aliphatic carbocycles. The molecule has 7 aliphatic rings. The number of piperazine rings is 1. The maximum absolute atomic E-state index is 15.0. The molecule has 0 N–H and O–H groups in total. The second kappa shape index (κ2) is 11.5. The van der Waals surface area contributed by atoms with Crippen LogP contribution in [0.5, 0.6) is 0 Å². The third-order valence-electron chi connectivity index (χ3n) is 17.2. The number of ether oxygens (including phenoxy) is 2. The van der Waals surface area contributed by atoms with E-state index >= 15 is 4.79 Å². The van der Waals surface area contributed by atoms with E-state index in [0.717, 1.165) is 69.9 Å².